The van der Waals surface area contributed by atoms with Crippen LogP contribution in [0.25, 0.3) is 0 Å². The first-order valence-electron chi connectivity index (χ1n) is 9.88. The average molecular weight is 445 g/mol. The molecule has 0 bridgehead atoms. The Balaban J connectivity index is 1.56. The number of hydrogen-bond acceptors (Lipinski definition) is 5. The van der Waals surface area contributed by atoms with Gasteiger partial charge >= 0.3 is 0 Å². The summed E-state index contributed by atoms with van der Waals surface area (Å²) in [5.74, 6) is 0.505. The Hall–Kier alpha value is -2.32. The number of benzene rings is 2. The van der Waals surface area contributed by atoms with Gasteiger partial charge in [-0.15, -0.1) is 0 Å². The van der Waals surface area contributed by atoms with Crippen LogP contribution >= 0.6 is 11.8 Å². The predicted octanol–water partition coefficient (Wildman–Crippen LogP) is 3.52. The summed E-state index contributed by atoms with van der Waals surface area (Å²) in [5.41, 5.74) is 1.90. The van der Waals surface area contributed by atoms with Crippen LogP contribution in [0.3, 0.4) is 0 Å². The van der Waals surface area contributed by atoms with E-state index in [0.29, 0.717) is 11.8 Å². The zero-order valence-electron chi connectivity index (χ0n) is 16.9. The molecule has 0 saturated carbocycles. The number of carbonyl (C=O) groups is 1. The second kappa shape index (κ2) is 8.43. The van der Waals surface area contributed by atoms with E-state index in [9.17, 15) is 13.2 Å². The van der Waals surface area contributed by atoms with E-state index in [4.69, 9.17) is 4.74 Å². The summed E-state index contributed by atoms with van der Waals surface area (Å²) in [6.45, 7) is 4.08. The zero-order chi connectivity index (χ0) is 21.3. The van der Waals surface area contributed by atoms with Crippen LogP contribution in [-0.2, 0) is 21.2 Å². The van der Waals surface area contributed by atoms with Crippen molar-refractivity contribution in [3.8, 4) is 5.75 Å². The highest BCUT2D eigenvalue weighted by Gasteiger charge is 2.49. The van der Waals surface area contributed by atoms with Gasteiger partial charge in [0, 0.05) is 16.9 Å². The van der Waals surface area contributed by atoms with Crippen molar-refractivity contribution in [1.82, 2.24) is 0 Å². The van der Waals surface area contributed by atoms with E-state index < -0.39 is 9.84 Å². The maximum absolute atomic E-state index is 12.2. The van der Waals surface area contributed by atoms with Gasteiger partial charge in [0.2, 0.25) is 0 Å². The molecule has 0 radical (unpaired) electrons. The number of amidine groups is 1. The maximum Gasteiger partial charge on any atom is 0.250 e. The summed E-state index contributed by atoms with van der Waals surface area (Å²) < 4.78 is 30.2. The minimum absolute atomic E-state index is 0.0752. The van der Waals surface area contributed by atoms with Crippen LogP contribution in [0.2, 0.25) is 0 Å². The van der Waals surface area contributed by atoms with Gasteiger partial charge < -0.3 is 9.64 Å². The predicted molar refractivity (Wildman–Crippen MR) is 121 cm³/mol. The quantitative estimate of drug-likeness (QED) is 0.702. The summed E-state index contributed by atoms with van der Waals surface area (Å²) in [6, 6.07) is 17.2. The van der Waals surface area contributed by atoms with Gasteiger partial charge in [0.15, 0.2) is 15.0 Å². The number of nitrogens with zero attached hydrogens (tertiary/aromatic N) is 2. The molecule has 0 N–H and O–H groups in total. The second-order valence-electron chi connectivity index (χ2n) is 7.83. The highest BCUT2D eigenvalue weighted by atomic mass is 32.2. The lowest BCUT2D eigenvalue weighted by molar-refractivity contribution is -0.120. The van der Waals surface area contributed by atoms with Gasteiger partial charge in [0.25, 0.3) is 5.91 Å². The molecule has 0 unspecified atom stereocenters. The van der Waals surface area contributed by atoms with Gasteiger partial charge in [0.05, 0.1) is 17.5 Å². The molecule has 8 heteroatoms. The average Bonchev–Trinajstić information content (AvgIpc) is 3.18. The van der Waals surface area contributed by atoms with Gasteiger partial charge in [-0.25, -0.2) is 8.42 Å². The summed E-state index contributed by atoms with van der Waals surface area (Å²) in [6.07, 6.45) is 0. The first kappa shape index (κ1) is 20.9. The largest absolute Gasteiger partial charge is 0.489 e. The van der Waals surface area contributed by atoms with E-state index in [2.05, 4.69) is 4.99 Å². The van der Waals surface area contributed by atoms with E-state index in [-0.39, 0.29) is 34.6 Å². The molecule has 2 atom stereocenters. The van der Waals surface area contributed by atoms with Crippen molar-refractivity contribution in [3.05, 3.63) is 60.2 Å². The van der Waals surface area contributed by atoms with E-state index >= 15 is 0 Å². The summed E-state index contributed by atoms with van der Waals surface area (Å²) in [4.78, 5) is 18.4. The van der Waals surface area contributed by atoms with Gasteiger partial charge in [0.1, 0.15) is 12.4 Å². The number of carbonyl (C=O) groups excluding carboxylic acids is 1. The molecule has 2 aliphatic rings. The number of sulfone groups is 1. The summed E-state index contributed by atoms with van der Waals surface area (Å²) >= 11 is 1.39. The fraction of sp³-hybridized carbons (Fsp3) is 0.364. The van der Waals surface area contributed by atoms with Crippen molar-refractivity contribution in [2.24, 2.45) is 10.9 Å². The van der Waals surface area contributed by atoms with E-state index in [1.165, 1.54) is 11.8 Å². The van der Waals surface area contributed by atoms with E-state index in [1.54, 1.807) is 13.8 Å². The number of thioether (sulfide) groups is 1. The monoisotopic (exact) mass is 444 g/mol. The van der Waals surface area contributed by atoms with Crippen molar-refractivity contribution in [2.45, 2.75) is 31.7 Å². The fourth-order valence-corrected chi connectivity index (χ4v) is 7.45. The number of aliphatic imine (C=N–C) groups is 1. The minimum Gasteiger partial charge on any atom is -0.489 e. The molecule has 158 valence electrons. The normalized spacial score (nSPS) is 23.7. The van der Waals surface area contributed by atoms with Crippen LogP contribution < -0.4 is 9.64 Å². The van der Waals surface area contributed by atoms with Crippen LogP contribution in [0.15, 0.2) is 59.6 Å². The lowest BCUT2D eigenvalue weighted by atomic mass is 10.2. The first-order chi connectivity index (χ1) is 14.3. The fourth-order valence-electron chi connectivity index (χ4n) is 3.53. The smallest absolute Gasteiger partial charge is 0.250 e. The van der Waals surface area contributed by atoms with Crippen LogP contribution in [0, 0.1) is 5.92 Å². The van der Waals surface area contributed by atoms with E-state index in [0.717, 1.165) is 17.0 Å². The molecule has 0 spiro atoms. The number of rotatable bonds is 5. The SMILES string of the molecule is CC(C)C(=O)N=C1S[C@@H]2CS(=O)(=O)C[C@@H]2N1c1ccc(OCc2ccccc2)cc1. The maximum atomic E-state index is 12.2. The molecule has 1 amide bonds. The van der Waals surface area contributed by atoms with Crippen molar-refractivity contribution in [2.75, 3.05) is 16.4 Å². The molecular weight excluding hydrogens is 420 g/mol. The van der Waals surface area contributed by atoms with Crippen LogP contribution in [0.4, 0.5) is 5.69 Å². The van der Waals surface area contributed by atoms with Crippen LogP contribution in [0.1, 0.15) is 19.4 Å². The van der Waals surface area contributed by atoms with Crippen molar-refractivity contribution >= 4 is 38.4 Å². The highest BCUT2D eigenvalue weighted by Crippen LogP contribution is 2.41. The molecule has 4 rings (SSSR count). The topological polar surface area (TPSA) is 76.0 Å². The van der Waals surface area contributed by atoms with Gasteiger partial charge in [-0.05, 0) is 29.8 Å². The Kier molecular flexibility index (Phi) is 5.88. The number of fused-ring (bicyclic) bond motifs is 1. The van der Waals surface area contributed by atoms with Crippen molar-refractivity contribution in [1.29, 1.82) is 0 Å². The molecule has 2 heterocycles. The third kappa shape index (κ3) is 4.54. The van der Waals surface area contributed by atoms with Gasteiger partial charge in [-0.1, -0.05) is 55.9 Å². The zero-order valence-corrected chi connectivity index (χ0v) is 18.5. The van der Waals surface area contributed by atoms with Crippen LogP contribution in [0.5, 0.6) is 5.75 Å². The molecule has 2 fully saturated rings. The molecular formula is C22H24N2O4S2. The second-order valence-corrected chi connectivity index (χ2v) is 11.2. The van der Waals surface area contributed by atoms with Crippen molar-refractivity contribution in [3.63, 3.8) is 0 Å². The molecule has 0 aromatic heterocycles. The summed E-state index contributed by atoms with van der Waals surface area (Å²) in [7, 11) is -3.09. The summed E-state index contributed by atoms with van der Waals surface area (Å²) in [5, 5.41) is 0.472. The molecule has 0 aliphatic carbocycles. The Labute approximate surface area is 181 Å². The van der Waals surface area contributed by atoms with E-state index in [1.807, 2.05) is 59.5 Å². The molecule has 2 aliphatic heterocycles. The molecule has 2 saturated heterocycles. The Morgan fingerprint density at radius 1 is 1.13 bits per heavy atom. The molecule has 2 aromatic carbocycles. The third-order valence-corrected chi connectivity index (χ3v) is 8.34. The van der Waals surface area contributed by atoms with Gasteiger partial charge in [-0.3, -0.25) is 4.79 Å². The lowest BCUT2D eigenvalue weighted by Gasteiger charge is -2.24. The highest BCUT2D eigenvalue weighted by molar-refractivity contribution is 8.16. The Bertz CT molecular complexity index is 1050. The van der Waals surface area contributed by atoms with Gasteiger partial charge in [-0.2, -0.15) is 4.99 Å². The number of hydrogen-bond donors (Lipinski definition) is 0. The lowest BCUT2D eigenvalue weighted by Crippen LogP contribution is -2.37. The van der Waals surface area contributed by atoms with Crippen molar-refractivity contribution < 1.29 is 17.9 Å². The minimum atomic E-state index is -3.09. The van der Waals surface area contributed by atoms with Crippen LogP contribution in [-0.4, -0.2) is 42.3 Å². The number of ether oxygens (including phenoxy) is 1. The molecule has 6 nitrogen and oxygen atoms in total. The molecule has 30 heavy (non-hydrogen) atoms. The Morgan fingerprint density at radius 3 is 2.50 bits per heavy atom. The molecule has 2 aromatic rings. The standard InChI is InChI=1S/C22H24N2O4S2/c1-15(2)21(25)23-22-24(19-13-30(26,27)14-20(19)29-22)17-8-10-18(11-9-17)28-12-16-6-4-3-5-7-16/h3-11,15,19-20H,12-14H2,1-2H3/t19-,20+/m0/s1. The first-order valence-corrected chi connectivity index (χ1v) is 12.6. The third-order valence-electron chi connectivity index (χ3n) is 5.13. The number of amides is 1. The number of anilines is 1. The Morgan fingerprint density at radius 2 is 1.83 bits per heavy atom.